The van der Waals surface area contributed by atoms with Crippen LogP contribution in [0.2, 0.25) is 10.0 Å². The normalized spacial score (nSPS) is 12.4. The van der Waals surface area contributed by atoms with Crippen LogP contribution in [0, 0.1) is 0 Å². The minimum absolute atomic E-state index is 0.0582. The highest BCUT2D eigenvalue weighted by Crippen LogP contribution is 2.31. The van der Waals surface area contributed by atoms with Crippen LogP contribution in [0.3, 0.4) is 0 Å². The van der Waals surface area contributed by atoms with Crippen LogP contribution >= 0.6 is 23.2 Å². The molecule has 1 atom stereocenters. The van der Waals surface area contributed by atoms with Crippen LogP contribution in [0.15, 0.2) is 42.5 Å². The Morgan fingerprint density at radius 3 is 2.61 bits per heavy atom. The van der Waals surface area contributed by atoms with Gasteiger partial charge in [0.2, 0.25) is 0 Å². The van der Waals surface area contributed by atoms with E-state index in [4.69, 9.17) is 28.9 Å². The Morgan fingerprint density at radius 1 is 1.11 bits per heavy atom. The van der Waals surface area contributed by atoms with Gasteiger partial charge in [0.1, 0.15) is 0 Å². The first kappa shape index (κ1) is 13.4. The SMILES string of the molecule is CCC(N)c1cccc(-c2cc(Cl)ccc2Cl)c1. The maximum atomic E-state index is 6.21. The van der Waals surface area contributed by atoms with Crippen LogP contribution < -0.4 is 5.73 Å². The minimum Gasteiger partial charge on any atom is -0.324 e. The second-order valence-corrected chi connectivity index (χ2v) is 5.11. The number of rotatable bonds is 3. The van der Waals surface area contributed by atoms with Gasteiger partial charge in [-0.3, -0.25) is 0 Å². The summed E-state index contributed by atoms with van der Waals surface area (Å²) in [5, 5.41) is 1.38. The van der Waals surface area contributed by atoms with Crippen molar-refractivity contribution in [3.05, 3.63) is 58.1 Å². The van der Waals surface area contributed by atoms with Gasteiger partial charge in [-0.05, 0) is 41.8 Å². The summed E-state index contributed by atoms with van der Waals surface area (Å²) in [5.74, 6) is 0. The lowest BCUT2D eigenvalue weighted by molar-refractivity contribution is 0.699. The zero-order valence-electron chi connectivity index (χ0n) is 10.2. The molecule has 94 valence electrons. The van der Waals surface area contributed by atoms with Gasteiger partial charge in [0.25, 0.3) is 0 Å². The summed E-state index contributed by atoms with van der Waals surface area (Å²) < 4.78 is 0. The average Bonchev–Trinajstić information content (AvgIpc) is 2.40. The van der Waals surface area contributed by atoms with Gasteiger partial charge in [0, 0.05) is 21.7 Å². The van der Waals surface area contributed by atoms with Gasteiger partial charge in [0.05, 0.1) is 0 Å². The fourth-order valence-electron chi connectivity index (χ4n) is 1.89. The highest BCUT2D eigenvalue weighted by Gasteiger charge is 2.08. The standard InChI is InChI=1S/C15H15Cl2N/c1-2-15(18)11-5-3-4-10(8-11)13-9-12(16)6-7-14(13)17/h3-9,15H,2,18H2,1H3. The van der Waals surface area contributed by atoms with E-state index in [1.54, 1.807) is 6.07 Å². The van der Waals surface area contributed by atoms with Gasteiger partial charge in [-0.2, -0.15) is 0 Å². The van der Waals surface area contributed by atoms with E-state index >= 15 is 0 Å². The number of halogens is 2. The first-order valence-corrected chi connectivity index (χ1v) is 6.68. The molecule has 0 aliphatic heterocycles. The molecule has 2 aromatic carbocycles. The van der Waals surface area contributed by atoms with E-state index in [0.29, 0.717) is 10.0 Å². The van der Waals surface area contributed by atoms with Crippen LogP contribution in [0.5, 0.6) is 0 Å². The Balaban J connectivity index is 2.47. The van der Waals surface area contributed by atoms with Crippen LogP contribution in [0.25, 0.3) is 11.1 Å². The topological polar surface area (TPSA) is 26.0 Å². The molecular weight excluding hydrogens is 265 g/mol. The van der Waals surface area contributed by atoms with Crippen molar-refractivity contribution in [3.8, 4) is 11.1 Å². The van der Waals surface area contributed by atoms with Crippen LogP contribution in [-0.2, 0) is 0 Å². The van der Waals surface area contributed by atoms with Gasteiger partial charge >= 0.3 is 0 Å². The van der Waals surface area contributed by atoms with Crippen molar-refractivity contribution >= 4 is 23.2 Å². The van der Waals surface area contributed by atoms with E-state index < -0.39 is 0 Å². The lowest BCUT2D eigenvalue weighted by atomic mass is 9.99. The number of benzene rings is 2. The molecule has 0 aliphatic rings. The minimum atomic E-state index is 0.0582. The molecule has 0 aromatic heterocycles. The van der Waals surface area contributed by atoms with Crippen molar-refractivity contribution in [1.29, 1.82) is 0 Å². The fraction of sp³-hybridized carbons (Fsp3) is 0.200. The van der Waals surface area contributed by atoms with Crippen molar-refractivity contribution < 1.29 is 0 Å². The highest BCUT2D eigenvalue weighted by atomic mass is 35.5. The predicted molar refractivity (Wildman–Crippen MR) is 79.1 cm³/mol. The summed E-state index contributed by atoms with van der Waals surface area (Å²) in [4.78, 5) is 0. The van der Waals surface area contributed by atoms with E-state index in [1.165, 1.54) is 0 Å². The molecular formula is C15H15Cl2N. The van der Waals surface area contributed by atoms with Gasteiger partial charge in [0.15, 0.2) is 0 Å². The Morgan fingerprint density at radius 2 is 1.89 bits per heavy atom. The lowest BCUT2D eigenvalue weighted by Crippen LogP contribution is -2.08. The van der Waals surface area contributed by atoms with E-state index in [9.17, 15) is 0 Å². The average molecular weight is 280 g/mol. The third-order valence-electron chi connectivity index (χ3n) is 2.99. The third-order valence-corrected chi connectivity index (χ3v) is 3.56. The monoisotopic (exact) mass is 279 g/mol. The first-order valence-electron chi connectivity index (χ1n) is 5.92. The fourth-order valence-corrected chi connectivity index (χ4v) is 2.29. The Kier molecular flexibility index (Phi) is 4.28. The summed E-state index contributed by atoms with van der Waals surface area (Å²) in [6.07, 6.45) is 0.909. The molecule has 0 saturated heterocycles. The molecule has 0 bridgehead atoms. The van der Waals surface area contributed by atoms with Crippen molar-refractivity contribution in [2.45, 2.75) is 19.4 Å². The maximum Gasteiger partial charge on any atom is 0.0485 e. The molecule has 3 heteroatoms. The Labute approximate surface area is 118 Å². The summed E-state index contributed by atoms with van der Waals surface area (Å²) in [5.41, 5.74) is 9.15. The zero-order valence-corrected chi connectivity index (χ0v) is 11.7. The molecule has 0 radical (unpaired) electrons. The van der Waals surface area contributed by atoms with E-state index in [0.717, 1.165) is 23.1 Å². The smallest absolute Gasteiger partial charge is 0.0485 e. The summed E-state index contributed by atoms with van der Waals surface area (Å²) >= 11 is 12.2. The molecule has 0 aliphatic carbocycles. The molecule has 2 N–H and O–H groups in total. The van der Waals surface area contributed by atoms with Crippen molar-refractivity contribution in [2.24, 2.45) is 5.73 Å². The van der Waals surface area contributed by atoms with Gasteiger partial charge < -0.3 is 5.73 Å². The summed E-state index contributed by atoms with van der Waals surface area (Å²) in [6, 6.07) is 13.7. The Bertz CT molecular complexity index is 552. The van der Waals surface area contributed by atoms with E-state index in [-0.39, 0.29) is 6.04 Å². The molecule has 2 aromatic rings. The summed E-state index contributed by atoms with van der Waals surface area (Å²) in [6.45, 7) is 2.07. The van der Waals surface area contributed by atoms with Crippen molar-refractivity contribution in [1.82, 2.24) is 0 Å². The number of nitrogens with two attached hydrogens (primary N) is 1. The second-order valence-electron chi connectivity index (χ2n) is 4.26. The first-order chi connectivity index (χ1) is 8.61. The molecule has 2 rings (SSSR count). The molecule has 18 heavy (non-hydrogen) atoms. The predicted octanol–water partition coefficient (Wildman–Crippen LogP) is 5.07. The number of hydrogen-bond donors (Lipinski definition) is 1. The summed E-state index contributed by atoms with van der Waals surface area (Å²) in [7, 11) is 0. The quantitative estimate of drug-likeness (QED) is 0.834. The third kappa shape index (κ3) is 2.86. The molecule has 0 amide bonds. The number of hydrogen-bond acceptors (Lipinski definition) is 1. The van der Waals surface area contributed by atoms with Gasteiger partial charge in [-0.25, -0.2) is 0 Å². The van der Waals surface area contributed by atoms with Crippen molar-refractivity contribution in [3.63, 3.8) is 0 Å². The molecule has 1 unspecified atom stereocenters. The second kappa shape index (κ2) is 5.75. The van der Waals surface area contributed by atoms with Crippen LogP contribution in [-0.4, -0.2) is 0 Å². The van der Waals surface area contributed by atoms with Gasteiger partial charge in [-0.1, -0.05) is 48.3 Å². The van der Waals surface area contributed by atoms with Crippen LogP contribution in [0.1, 0.15) is 24.9 Å². The van der Waals surface area contributed by atoms with Crippen LogP contribution in [0.4, 0.5) is 0 Å². The molecule has 0 spiro atoms. The van der Waals surface area contributed by atoms with E-state index in [1.807, 2.05) is 30.3 Å². The highest BCUT2D eigenvalue weighted by molar-refractivity contribution is 6.35. The van der Waals surface area contributed by atoms with Gasteiger partial charge in [-0.15, -0.1) is 0 Å². The molecule has 0 fully saturated rings. The molecule has 1 nitrogen and oxygen atoms in total. The van der Waals surface area contributed by atoms with E-state index in [2.05, 4.69) is 13.0 Å². The maximum absolute atomic E-state index is 6.21. The van der Waals surface area contributed by atoms with Crippen molar-refractivity contribution in [2.75, 3.05) is 0 Å². The largest absolute Gasteiger partial charge is 0.324 e. The Hall–Kier alpha value is -1.02. The molecule has 0 saturated carbocycles. The zero-order chi connectivity index (χ0) is 13.1. The molecule has 0 heterocycles. The lowest BCUT2D eigenvalue weighted by Gasteiger charge is -2.12.